The Morgan fingerprint density at radius 1 is 1.06 bits per heavy atom. The number of carbonyl (C=O) groups is 3. The molecular formula is C24H26N2O5. The van der Waals surface area contributed by atoms with Crippen molar-refractivity contribution in [3.05, 3.63) is 59.7 Å². The second-order valence-corrected chi connectivity index (χ2v) is 8.47. The Morgan fingerprint density at radius 3 is 2.19 bits per heavy atom. The van der Waals surface area contributed by atoms with Gasteiger partial charge in [-0.25, -0.2) is 4.79 Å². The van der Waals surface area contributed by atoms with Crippen LogP contribution in [0.25, 0.3) is 11.1 Å². The minimum absolute atomic E-state index is 0.0199. The van der Waals surface area contributed by atoms with E-state index in [1.807, 2.05) is 24.3 Å². The van der Waals surface area contributed by atoms with Gasteiger partial charge in [0.1, 0.15) is 6.61 Å². The molecule has 0 heterocycles. The predicted octanol–water partition coefficient (Wildman–Crippen LogP) is 3.43. The Hall–Kier alpha value is -3.35. The predicted molar refractivity (Wildman–Crippen MR) is 115 cm³/mol. The van der Waals surface area contributed by atoms with Gasteiger partial charge in [-0.05, 0) is 42.0 Å². The summed E-state index contributed by atoms with van der Waals surface area (Å²) in [4.78, 5) is 35.4. The maximum atomic E-state index is 12.5. The maximum Gasteiger partial charge on any atom is 0.407 e. The average Bonchev–Trinajstić information content (AvgIpc) is 3.38. The van der Waals surface area contributed by atoms with Crippen LogP contribution in [0, 0.1) is 0 Å². The quantitative estimate of drug-likeness (QED) is 0.605. The number of nitrogens with one attached hydrogen (secondary N) is 2. The first kappa shape index (κ1) is 20.9. The number of hydrogen-bond donors (Lipinski definition) is 3. The Morgan fingerprint density at radius 2 is 1.65 bits per heavy atom. The monoisotopic (exact) mass is 422 g/mol. The van der Waals surface area contributed by atoms with Crippen LogP contribution in [0.4, 0.5) is 4.79 Å². The second kappa shape index (κ2) is 8.41. The van der Waals surface area contributed by atoms with Crippen LogP contribution in [0.5, 0.6) is 0 Å². The fraction of sp³-hybridized carbons (Fsp3) is 0.375. The summed E-state index contributed by atoms with van der Waals surface area (Å²) >= 11 is 0. The normalized spacial score (nSPS) is 16.5. The molecule has 3 N–H and O–H groups in total. The van der Waals surface area contributed by atoms with E-state index in [-0.39, 0.29) is 31.3 Å². The third-order valence-electron chi connectivity index (χ3n) is 5.95. The van der Waals surface area contributed by atoms with Crippen LogP contribution >= 0.6 is 0 Å². The van der Waals surface area contributed by atoms with E-state index in [1.165, 1.54) is 0 Å². The lowest BCUT2D eigenvalue weighted by atomic mass is 9.98. The van der Waals surface area contributed by atoms with E-state index in [0.29, 0.717) is 12.8 Å². The number of carbonyl (C=O) groups excluding carboxylic acids is 2. The summed E-state index contributed by atoms with van der Waals surface area (Å²) in [7, 11) is 0. The van der Waals surface area contributed by atoms with Gasteiger partial charge < -0.3 is 20.5 Å². The molecule has 1 fully saturated rings. The zero-order valence-corrected chi connectivity index (χ0v) is 17.4. The zero-order chi connectivity index (χ0) is 22.0. The summed E-state index contributed by atoms with van der Waals surface area (Å²) in [5, 5.41) is 14.3. The van der Waals surface area contributed by atoms with Crippen LogP contribution in [0.3, 0.4) is 0 Å². The molecule has 2 aliphatic carbocycles. The molecule has 1 saturated carbocycles. The molecule has 2 aromatic rings. The number of carboxylic acid groups (broad SMARTS) is 1. The van der Waals surface area contributed by atoms with E-state index in [2.05, 4.69) is 34.9 Å². The van der Waals surface area contributed by atoms with Crippen molar-refractivity contribution in [1.29, 1.82) is 0 Å². The van der Waals surface area contributed by atoms with Gasteiger partial charge in [0, 0.05) is 18.4 Å². The molecule has 31 heavy (non-hydrogen) atoms. The van der Waals surface area contributed by atoms with E-state index in [9.17, 15) is 14.4 Å². The summed E-state index contributed by atoms with van der Waals surface area (Å²) < 4.78 is 5.57. The molecule has 4 rings (SSSR count). The lowest BCUT2D eigenvalue weighted by molar-refractivity contribution is -0.137. The van der Waals surface area contributed by atoms with Crippen molar-refractivity contribution in [2.45, 2.75) is 50.1 Å². The molecule has 2 aromatic carbocycles. The molecule has 0 bridgehead atoms. The maximum absolute atomic E-state index is 12.5. The van der Waals surface area contributed by atoms with Gasteiger partial charge in [-0.1, -0.05) is 48.5 Å². The van der Waals surface area contributed by atoms with Gasteiger partial charge in [-0.2, -0.15) is 0 Å². The molecule has 0 radical (unpaired) electrons. The van der Waals surface area contributed by atoms with Crippen molar-refractivity contribution in [3.63, 3.8) is 0 Å². The first-order valence-corrected chi connectivity index (χ1v) is 10.5. The minimum atomic E-state index is -0.967. The number of benzene rings is 2. The number of ether oxygens (including phenoxy) is 1. The molecule has 1 atom stereocenters. The van der Waals surface area contributed by atoms with E-state index in [1.54, 1.807) is 6.92 Å². The molecule has 162 valence electrons. The third kappa shape index (κ3) is 4.71. The summed E-state index contributed by atoms with van der Waals surface area (Å²) in [5.41, 5.74) is 4.01. The van der Waals surface area contributed by atoms with Crippen LogP contribution in [0.15, 0.2) is 48.5 Å². The van der Waals surface area contributed by atoms with Crippen molar-refractivity contribution < 1.29 is 24.2 Å². The molecule has 7 nitrogen and oxygen atoms in total. The van der Waals surface area contributed by atoms with E-state index < -0.39 is 23.6 Å². The highest BCUT2D eigenvalue weighted by molar-refractivity contribution is 5.81. The highest BCUT2D eigenvalue weighted by Crippen LogP contribution is 2.44. The van der Waals surface area contributed by atoms with E-state index >= 15 is 0 Å². The van der Waals surface area contributed by atoms with Gasteiger partial charge in [0.15, 0.2) is 0 Å². The fourth-order valence-corrected chi connectivity index (χ4v) is 4.29. The van der Waals surface area contributed by atoms with Crippen LogP contribution < -0.4 is 10.6 Å². The van der Waals surface area contributed by atoms with Gasteiger partial charge in [0.25, 0.3) is 0 Å². The number of rotatable bonds is 8. The molecule has 2 aliphatic rings. The summed E-state index contributed by atoms with van der Waals surface area (Å²) in [6.07, 6.45) is 0.820. The Kier molecular flexibility index (Phi) is 5.67. The van der Waals surface area contributed by atoms with Crippen LogP contribution in [0.1, 0.15) is 49.7 Å². The van der Waals surface area contributed by atoms with Gasteiger partial charge in [-0.3, -0.25) is 9.59 Å². The second-order valence-electron chi connectivity index (χ2n) is 8.47. The highest BCUT2D eigenvalue weighted by Gasteiger charge is 2.46. The fourth-order valence-electron chi connectivity index (χ4n) is 4.29. The summed E-state index contributed by atoms with van der Waals surface area (Å²) in [6, 6.07) is 15.8. The molecule has 0 aliphatic heterocycles. The first-order valence-electron chi connectivity index (χ1n) is 10.5. The highest BCUT2D eigenvalue weighted by atomic mass is 16.5. The molecule has 7 heteroatoms. The van der Waals surface area contributed by atoms with E-state index in [0.717, 1.165) is 22.3 Å². The Labute approximate surface area is 180 Å². The number of carboxylic acids is 1. The smallest absolute Gasteiger partial charge is 0.407 e. The zero-order valence-electron chi connectivity index (χ0n) is 17.4. The largest absolute Gasteiger partial charge is 0.481 e. The van der Waals surface area contributed by atoms with Crippen molar-refractivity contribution in [2.75, 3.05) is 6.61 Å². The standard InChI is InChI=1S/C24H26N2O5/c1-15(12-22(28)29)25-21(27)13-24(10-11-24)26-23(30)31-14-20-18-8-4-2-6-16(18)17-7-3-5-9-19(17)20/h2-9,15,20H,10-14H2,1H3,(H,25,27)(H,26,30)(H,28,29)/t15-/m0/s1. The number of amides is 2. The van der Waals surface area contributed by atoms with Gasteiger partial charge in [0.05, 0.1) is 12.0 Å². The van der Waals surface area contributed by atoms with Crippen LogP contribution in [0.2, 0.25) is 0 Å². The lowest BCUT2D eigenvalue weighted by Gasteiger charge is -2.20. The number of alkyl carbamates (subject to hydrolysis) is 1. The average molecular weight is 422 g/mol. The van der Waals surface area contributed by atoms with Gasteiger partial charge in [0.2, 0.25) is 5.91 Å². The molecular weight excluding hydrogens is 396 g/mol. The lowest BCUT2D eigenvalue weighted by Crippen LogP contribution is -2.43. The van der Waals surface area contributed by atoms with E-state index in [4.69, 9.17) is 9.84 Å². The summed E-state index contributed by atoms with van der Waals surface area (Å²) in [5.74, 6) is -1.26. The molecule has 0 unspecified atom stereocenters. The number of hydrogen-bond acceptors (Lipinski definition) is 4. The van der Waals surface area contributed by atoms with Crippen molar-refractivity contribution >= 4 is 18.0 Å². The first-order chi connectivity index (χ1) is 14.9. The van der Waals surface area contributed by atoms with Crippen LogP contribution in [-0.4, -0.2) is 41.3 Å². The van der Waals surface area contributed by atoms with Gasteiger partial charge in [-0.15, -0.1) is 0 Å². The number of aliphatic carboxylic acids is 1. The number of fused-ring (bicyclic) bond motifs is 3. The molecule has 2 amide bonds. The summed E-state index contributed by atoms with van der Waals surface area (Å²) in [6.45, 7) is 1.86. The Balaban J connectivity index is 1.33. The Bertz CT molecular complexity index is 969. The van der Waals surface area contributed by atoms with Crippen LogP contribution in [-0.2, 0) is 14.3 Å². The third-order valence-corrected chi connectivity index (χ3v) is 5.95. The van der Waals surface area contributed by atoms with Gasteiger partial charge >= 0.3 is 12.1 Å². The minimum Gasteiger partial charge on any atom is -0.481 e. The van der Waals surface area contributed by atoms with Crippen molar-refractivity contribution in [3.8, 4) is 11.1 Å². The topological polar surface area (TPSA) is 105 Å². The molecule has 0 aromatic heterocycles. The SMILES string of the molecule is C[C@@H](CC(=O)O)NC(=O)CC1(NC(=O)OCC2c3ccccc3-c3ccccc32)CC1. The molecule has 0 saturated heterocycles. The molecule has 0 spiro atoms. The van der Waals surface area contributed by atoms with Crippen molar-refractivity contribution in [1.82, 2.24) is 10.6 Å². The van der Waals surface area contributed by atoms with Crippen molar-refractivity contribution in [2.24, 2.45) is 0 Å².